The van der Waals surface area contributed by atoms with Gasteiger partial charge in [0.15, 0.2) is 0 Å². The van der Waals surface area contributed by atoms with Gasteiger partial charge >= 0.3 is 5.97 Å². The van der Waals surface area contributed by atoms with Crippen LogP contribution in [0.25, 0.3) is 5.69 Å². The van der Waals surface area contributed by atoms with Crippen LogP contribution in [0.3, 0.4) is 0 Å². The van der Waals surface area contributed by atoms with Gasteiger partial charge in [0.05, 0.1) is 5.69 Å². The zero-order valence-electron chi connectivity index (χ0n) is 11.8. The molecule has 0 saturated carbocycles. The number of carboxylic acids is 1. The SMILES string of the molecule is CC(c1cccc(-n2cnnn2)c1)N1CCCC1C(=O)O. The number of hydrogen-bond donors (Lipinski definition) is 1. The van der Waals surface area contributed by atoms with Crippen LogP contribution in [-0.2, 0) is 4.79 Å². The van der Waals surface area contributed by atoms with E-state index in [2.05, 4.69) is 15.5 Å². The molecule has 0 aliphatic carbocycles. The fourth-order valence-electron chi connectivity index (χ4n) is 2.92. The zero-order valence-corrected chi connectivity index (χ0v) is 11.8. The molecule has 2 aromatic rings. The van der Waals surface area contributed by atoms with Crippen molar-refractivity contribution in [1.82, 2.24) is 25.1 Å². The molecule has 1 saturated heterocycles. The number of hydrogen-bond acceptors (Lipinski definition) is 5. The Kier molecular flexibility index (Phi) is 3.66. The molecule has 7 heteroatoms. The second-order valence-corrected chi connectivity index (χ2v) is 5.26. The van der Waals surface area contributed by atoms with Gasteiger partial charge in [0.1, 0.15) is 12.4 Å². The predicted molar refractivity (Wildman–Crippen MR) is 74.9 cm³/mol. The largest absolute Gasteiger partial charge is 0.480 e. The van der Waals surface area contributed by atoms with Crippen LogP contribution >= 0.6 is 0 Å². The van der Waals surface area contributed by atoms with E-state index in [1.807, 2.05) is 36.1 Å². The maximum Gasteiger partial charge on any atom is 0.320 e. The molecule has 1 fully saturated rings. The molecular formula is C14H17N5O2. The molecule has 1 N–H and O–H groups in total. The van der Waals surface area contributed by atoms with Gasteiger partial charge in [-0.3, -0.25) is 9.69 Å². The Morgan fingerprint density at radius 3 is 3.05 bits per heavy atom. The molecule has 7 nitrogen and oxygen atoms in total. The lowest BCUT2D eigenvalue weighted by molar-refractivity contribution is -0.142. The highest BCUT2D eigenvalue weighted by atomic mass is 16.4. The molecule has 1 aromatic carbocycles. The van der Waals surface area contributed by atoms with Crippen LogP contribution < -0.4 is 0 Å². The first kappa shape index (κ1) is 13.7. The van der Waals surface area contributed by atoms with E-state index in [-0.39, 0.29) is 6.04 Å². The minimum atomic E-state index is -0.740. The minimum Gasteiger partial charge on any atom is -0.480 e. The van der Waals surface area contributed by atoms with Crippen molar-refractivity contribution in [3.05, 3.63) is 36.2 Å². The Labute approximate surface area is 122 Å². The van der Waals surface area contributed by atoms with E-state index in [1.165, 1.54) is 0 Å². The van der Waals surface area contributed by atoms with Crippen molar-refractivity contribution >= 4 is 5.97 Å². The first-order valence-electron chi connectivity index (χ1n) is 6.98. The van der Waals surface area contributed by atoms with E-state index in [0.29, 0.717) is 6.42 Å². The molecule has 0 amide bonds. The van der Waals surface area contributed by atoms with Crippen molar-refractivity contribution in [2.75, 3.05) is 6.54 Å². The Hall–Kier alpha value is -2.28. The van der Waals surface area contributed by atoms with Gasteiger partial charge in [0, 0.05) is 6.04 Å². The fraction of sp³-hybridized carbons (Fsp3) is 0.429. The molecule has 1 aliphatic heterocycles. The molecule has 110 valence electrons. The molecule has 1 aromatic heterocycles. The van der Waals surface area contributed by atoms with Crippen LogP contribution in [0.15, 0.2) is 30.6 Å². The number of aromatic nitrogens is 4. The maximum atomic E-state index is 11.3. The molecule has 2 heterocycles. The van der Waals surface area contributed by atoms with Crippen LogP contribution in [0.4, 0.5) is 0 Å². The van der Waals surface area contributed by atoms with Crippen molar-refractivity contribution < 1.29 is 9.90 Å². The summed E-state index contributed by atoms with van der Waals surface area (Å²) < 4.78 is 1.59. The number of tetrazole rings is 1. The highest BCUT2D eigenvalue weighted by Gasteiger charge is 2.34. The van der Waals surface area contributed by atoms with Crippen LogP contribution in [0.2, 0.25) is 0 Å². The summed E-state index contributed by atoms with van der Waals surface area (Å²) in [4.78, 5) is 13.4. The van der Waals surface area contributed by atoms with Crippen molar-refractivity contribution in [1.29, 1.82) is 0 Å². The van der Waals surface area contributed by atoms with Crippen LogP contribution in [-0.4, -0.2) is 48.8 Å². The summed E-state index contributed by atoms with van der Waals surface area (Å²) in [7, 11) is 0. The first-order valence-corrected chi connectivity index (χ1v) is 6.98. The quantitative estimate of drug-likeness (QED) is 0.911. The standard InChI is InChI=1S/C14H17N5O2/c1-10(18-7-3-6-13(18)14(20)21)11-4-2-5-12(8-11)19-9-15-16-17-19/h2,4-5,8-10,13H,3,6-7H2,1H3,(H,20,21). The van der Waals surface area contributed by atoms with Gasteiger partial charge in [-0.15, -0.1) is 5.10 Å². The van der Waals surface area contributed by atoms with Gasteiger partial charge in [-0.25, -0.2) is 4.68 Å². The Bertz CT molecular complexity index is 628. The van der Waals surface area contributed by atoms with Gasteiger partial charge in [-0.2, -0.15) is 0 Å². The number of benzene rings is 1. The summed E-state index contributed by atoms with van der Waals surface area (Å²) in [5.41, 5.74) is 1.94. The number of carboxylic acid groups (broad SMARTS) is 1. The highest BCUT2D eigenvalue weighted by Crippen LogP contribution is 2.30. The smallest absolute Gasteiger partial charge is 0.320 e. The molecule has 0 radical (unpaired) electrons. The van der Waals surface area contributed by atoms with E-state index in [1.54, 1.807) is 11.0 Å². The summed E-state index contributed by atoms with van der Waals surface area (Å²) in [6, 6.07) is 7.52. The van der Waals surface area contributed by atoms with E-state index >= 15 is 0 Å². The third-order valence-corrected chi connectivity index (χ3v) is 4.04. The zero-order chi connectivity index (χ0) is 14.8. The summed E-state index contributed by atoms with van der Waals surface area (Å²) >= 11 is 0. The van der Waals surface area contributed by atoms with Crippen molar-refractivity contribution in [3.63, 3.8) is 0 Å². The molecule has 0 spiro atoms. The normalized spacial score (nSPS) is 20.5. The molecule has 3 rings (SSSR count). The molecule has 0 bridgehead atoms. The van der Waals surface area contributed by atoms with E-state index in [4.69, 9.17) is 0 Å². The summed E-state index contributed by atoms with van der Waals surface area (Å²) in [5.74, 6) is -0.740. The second-order valence-electron chi connectivity index (χ2n) is 5.26. The second kappa shape index (κ2) is 5.61. The van der Waals surface area contributed by atoms with E-state index in [0.717, 1.165) is 24.2 Å². The summed E-state index contributed by atoms with van der Waals surface area (Å²) in [6.45, 7) is 2.85. The highest BCUT2D eigenvalue weighted by molar-refractivity contribution is 5.73. The lowest BCUT2D eigenvalue weighted by atomic mass is 10.1. The molecule has 1 aliphatic rings. The van der Waals surface area contributed by atoms with E-state index in [9.17, 15) is 9.90 Å². The molecule has 2 atom stereocenters. The minimum absolute atomic E-state index is 0.0463. The van der Waals surface area contributed by atoms with Crippen LogP contribution in [0.5, 0.6) is 0 Å². The molecule has 21 heavy (non-hydrogen) atoms. The average molecular weight is 287 g/mol. The number of rotatable bonds is 4. The van der Waals surface area contributed by atoms with Gasteiger partial charge in [0.2, 0.25) is 0 Å². The lowest BCUT2D eigenvalue weighted by Gasteiger charge is -2.28. The number of carbonyl (C=O) groups is 1. The van der Waals surface area contributed by atoms with Gasteiger partial charge in [-0.1, -0.05) is 12.1 Å². The number of likely N-dealkylation sites (tertiary alicyclic amines) is 1. The summed E-state index contributed by atoms with van der Waals surface area (Å²) in [5, 5.41) is 20.4. The van der Waals surface area contributed by atoms with Crippen molar-refractivity contribution in [3.8, 4) is 5.69 Å². The third kappa shape index (κ3) is 2.64. The van der Waals surface area contributed by atoms with Crippen LogP contribution in [0, 0.1) is 0 Å². The Morgan fingerprint density at radius 2 is 2.33 bits per heavy atom. The molecular weight excluding hydrogens is 270 g/mol. The maximum absolute atomic E-state index is 11.3. The Morgan fingerprint density at radius 1 is 1.48 bits per heavy atom. The number of aliphatic carboxylic acids is 1. The van der Waals surface area contributed by atoms with Gasteiger partial charge in [0.25, 0.3) is 0 Å². The van der Waals surface area contributed by atoms with Crippen molar-refractivity contribution in [2.24, 2.45) is 0 Å². The summed E-state index contributed by atoms with van der Waals surface area (Å²) in [6.07, 6.45) is 3.18. The van der Waals surface area contributed by atoms with Crippen molar-refractivity contribution in [2.45, 2.75) is 31.8 Å². The average Bonchev–Trinajstić information content (AvgIpc) is 3.17. The predicted octanol–water partition coefficient (Wildman–Crippen LogP) is 1.27. The first-order chi connectivity index (χ1) is 10.2. The van der Waals surface area contributed by atoms with Gasteiger partial charge in [-0.05, 0) is 54.4 Å². The van der Waals surface area contributed by atoms with E-state index < -0.39 is 12.0 Å². The fourth-order valence-corrected chi connectivity index (χ4v) is 2.92. The third-order valence-electron chi connectivity index (χ3n) is 4.04. The van der Waals surface area contributed by atoms with Crippen LogP contribution in [0.1, 0.15) is 31.4 Å². The number of nitrogens with zero attached hydrogens (tertiary/aromatic N) is 5. The molecule has 2 unspecified atom stereocenters. The topological polar surface area (TPSA) is 84.1 Å². The lowest BCUT2D eigenvalue weighted by Crippen LogP contribution is -2.37. The Balaban J connectivity index is 1.86. The van der Waals surface area contributed by atoms with Gasteiger partial charge < -0.3 is 5.11 Å². The monoisotopic (exact) mass is 287 g/mol.